The van der Waals surface area contributed by atoms with E-state index in [1.807, 2.05) is 25.1 Å². The molecule has 0 aliphatic carbocycles. The van der Waals surface area contributed by atoms with E-state index in [2.05, 4.69) is 17.0 Å². The smallest absolute Gasteiger partial charge is 0.151 e. The molecule has 2 heterocycles. The highest BCUT2D eigenvalue weighted by molar-refractivity contribution is 6.31. The van der Waals surface area contributed by atoms with Gasteiger partial charge in [0.1, 0.15) is 11.2 Å². The van der Waals surface area contributed by atoms with Gasteiger partial charge in [-0.3, -0.25) is 4.90 Å². The van der Waals surface area contributed by atoms with Crippen molar-refractivity contribution in [3.63, 3.8) is 0 Å². The largest absolute Gasteiger partial charge is 0.464 e. The molecular weight excluding hydrogens is 353 g/mol. The van der Waals surface area contributed by atoms with E-state index in [9.17, 15) is 9.50 Å². The first-order valence-electron chi connectivity index (χ1n) is 8.83. The molecule has 4 rings (SSSR count). The van der Waals surface area contributed by atoms with Crippen molar-refractivity contribution >= 4 is 22.6 Å². The number of piperidine rings is 1. The zero-order valence-corrected chi connectivity index (χ0v) is 15.3. The Labute approximate surface area is 157 Å². The van der Waals surface area contributed by atoms with Gasteiger partial charge in [-0.25, -0.2) is 4.39 Å². The molecule has 1 aliphatic rings. The molecule has 1 aliphatic heterocycles. The second-order valence-electron chi connectivity index (χ2n) is 7.18. The normalized spacial score (nSPS) is 24.2. The first-order chi connectivity index (χ1) is 12.5. The Balaban J connectivity index is 1.64. The number of hydrogen-bond donors (Lipinski definition) is 1. The van der Waals surface area contributed by atoms with E-state index in [1.165, 1.54) is 17.9 Å². The Bertz CT molecular complexity index is 926. The molecule has 1 fully saturated rings. The van der Waals surface area contributed by atoms with E-state index >= 15 is 0 Å². The summed E-state index contributed by atoms with van der Waals surface area (Å²) in [6, 6.07) is 13.5. The fourth-order valence-electron chi connectivity index (χ4n) is 4.00. The topological polar surface area (TPSA) is 36.6 Å². The summed E-state index contributed by atoms with van der Waals surface area (Å²) in [7, 11) is 0. The predicted octanol–water partition coefficient (Wildman–Crippen LogP) is 4.95. The maximum Gasteiger partial charge on any atom is 0.151 e. The number of aliphatic hydroxyl groups is 1. The average molecular weight is 374 g/mol. The predicted molar refractivity (Wildman–Crippen MR) is 101 cm³/mol. The van der Waals surface area contributed by atoms with Crippen molar-refractivity contribution in [2.24, 2.45) is 5.92 Å². The standard InChI is InChI=1S/C21H21ClFNO2/c1-14-12-24(13-15-5-3-2-4-6-15)9-8-21(14,25)18-19(23)17(22)11-16-7-10-26-20(16)18/h2-7,10-11,14,25H,8-9,12-13H2,1H3/t14-,21-/m0/s1. The zero-order chi connectivity index (χ0) is 18.3. The number of halogens is 2. The monoisotopic (exact) mass is 373 g/mol. The van der Waals surface area contributed by atoms with Crippen LogP contribution in [0.3, 0.4) is 0 Å². The van der Waals surface area contributed by atoms with Crippen molar-refractivity contribution in [3.8, 4) is 0 Å². The number of furan rings is 1. The molecule has 26 heavy (non-hydrogen) atoms. The lowest BCUT2D eigenvalue weighted by Gasteiger charge is -2.43. The molecule has 0 bridgehead atoms. The highest BCUT2D eigenvalue weighted by atomic mass is 35.5. The van der Waals surface area contributed by atoms with E-state index in [0.717, 1.165) is 6.54 Å². The second-order valence-corrected chi connectivity index (χ2v) is 7.59. The summed E-state index contributed by atoms with van der Waals surface area (Å²) in [5.41, 5.74) is 0.500. The molecule has 0 unspecified atom stereocenters. The van der Waals surface area contributed by atoms with Crippen molar-refractivity contribution in [1.82, 2.24) is 4.90 Å². The number of likely N-dealkylation sites (tertiary alicyclic amines) is 1. The van der Waals surface area contributed by atoms with Gasteiger partial charge in [0.05, 0.1) is 16.8 Å². The number of hydrogen-bond acceptors (Lipinski definition) is 3. The molecule has 2 atom stereocenters. The minimum Gasteiger partial charge on any atom is -0.464 e. The SMILES string of the molecule is C[C@H]1CN(Cc2ccccc2)CC[C@@]1(O)c1c(F)c(Cl)cc2ccoc12. The van der Waals surface area contributed by atoms with Gasteiger partial charge in [-0.2, -0.15) is 0 Å². The van der Waals surface area contributed by atoms with Crippen LogP contribution in [0.25, 0.3) is 11.0 Å². The molecule has 1 aromatic heterocycles. The highest BCUT2D eigenvalue weighted by Gasteiger charge is 2.44. The summed E-state index contributed by atoms with van der Waals surface area (Å²) in [6.07, 6.45) is 1.93. The van der Waals surface area contributed by atoms with Crippen molar-refractivity contribution in [3.05, 3.63) is 70.7 Å². The Hall–Kier alpha value is -1.88. The van der Waals surface area contributed by atoms with Crippen LogP contribution in [0.5, 0.6) is 0 Å². The molecule has 0 saturated carbocycles. The molecule has 0 amide bonds. The fourth-order valence-corrected chi connectivity index (χ4v) is 4.21. The molecule has 1 N–H and O–H groups in total. The van der Waals surface area contributed by atoms with Crippen LogP contribution in [0.1, 0.15) is 24.5 Å². The Morgan fingerprint density at radius 2 is 2.08 bits per heavy atom. The van der Waals surface area contributed by atoms with Crippen LogP contribution in [-0.4, -0.2) is 23.1 Å². The molecule has 5 heteroatoms. The van der Waals surface area contributed by atoms with Crippen LogP contribution < -0.4 is 0 Å². The number of nitrogens with zero attached hydrogens (tertiary/aromatic N) is 1. The number of fused-ring (bicyclic) bond motifs is 1. The number of rotatable bonds is 3. The van der Waals surface area contributed by atoms with Crippen LogP contribution in [0.4, 0.5) is 4.39 Å². The highest BCUT2D eigenvalue weighted by Crippen LogP contribution is 2.44. The maximum absolute atomic E-state index is 14.9. The second kappa shape index (κ2) is 6.69. The van der Waals surface area contributed by atoms with Crippen LogP contribution in [0.2, 0.25) is 5.02 Å². The van der Waals surface area contributed by atoms with Gasteiger partial charge < -0.3 is 9.52 Å². The van der Waals surface area contributed by atoms with E-state index < -0.39 is 11.4 Å². The lowest BCUT2D eigenvalue weighted by Crippen LogP contribution is -2.49. The summed E-state index contributed by atoms with van der Waals surface area (Å²) in [4.78, 5) is 2.29. The van der Waals surface area contributed by atoms with Gasteiger partial charge in [0.25, 0.3) is 0 Å². The van der Waals surface area contributed by atoms with Gasteiger partial charge in [0, 0.05) is 30.9 Å². The Kier molecular flexibility index (Phi) is 4.51. The third-order valence-corrected chi connectivity index (χ3v) is 5.75. The van der Waals surface area contributed by atoms with Gasteiger partial charge in [-0.05, 0) is 24.1 Å². The van der Waals surface area contributed by atoms with Crippen LogP contribution in [-0.2, 0) is 12.1 Å². The summed E-state index contributed by atoms with van der Waals surface area (Å²) in [6.45, 7) is 4.10. The van der Waals surface area contributed by atoms with Gasteiger partial charge in [-0.15, -0.1) is 0 Å². The average Bonchev–Trinajstić information content (AvgIpc) is 3.07. The van der Waals surface area contributed by atoms with E-state index in [1.54, 1.807) is 6.07 Å². The molecule has 0 spiro atoms. The molecule has 1 saturated heterocycles. The fraction of sp³-hybridized carbons (Fsp3) is 0.333. The molecule has 0 radical (unpaired) electrons. The number of benzene rings is 2. The van der Waals surface area contributed by atoms with E-state index in [0.29, 0.717) is 30.5 Å². The van der Waals surface area contributed by atoms with Gasteiger partial charge in [0.15, 0.2) is 5.82 Å². The van der Waals surface area contributed by atoms with Crippen LogP contribution >= 0.6 is 11.6 Å². The van der Waals surface area contributed by atoms with Crippen molar-refractivity contribution in [1.29, 1.82) is 0 Å². The minimum atomic E-state index is -1.31. The third-order valence-electron chi connectivity index (χ3n) is 5.47. The van der Waals surface area contributed by atoms with Crippen molar-refractivity contribution < 1.29 is 13.9 Å². The van der Waals surface area contributed by atoms with Crippen LogP contribution in [0.15, 0.2) is 53.1 Å². The van der Waals surface area contributed by atoms with Gasteiger partial charge >= 0.3 is 0 Å². The van der Waals surface area contributed by atoms with E-state index in [-0.39, 0.29) is 16.5 Å². The van der Waals surface area contributed by atoms with Crippen molar-refractivity contribution in [2.75, 3.05) is 13.1 Å². The first-order valence-corrected chi connectivity index (χ1v) is 9.21. The quantitative estimate of drug-likeness (QED) is 0.705. The molecule has 136 valence electrons. The molecule has 2 aromatic carbocycles. The van der Waals surface area contributed by atoms with Crippen LogP contribution in [0, 0.1) is 11.7 Å². The third kappa shape index (κ3) is 2.92. The lowest BCUT2D eigenvalue weighted by atomic mass is 9.76. The Morgan fingerprint density at radius 1 is 1.31 bits per heavy atom. The molecule has 3 aromatic rings. The van der Waals surface area contributed by atoms with E-state index in [4.69, 9.17) is 16.0 Å². The summed E-state index contributed by atoms with van der Waals surface area (Å²) < 4.78 is 20.4. The van der Waals surface area contributed by atoms with Crippen molar-refractivity contribution in [2.45, 2.75) is 25.5 Å². The zero-order valence-electron chi connectivity index (χ0n) is 14.6. The summed E-state index contributed by atoms with van der Waals surface area (Å²) in [5, 5.41) is 12.2. The molecular formula is C21H21ClFNO2. The maximum atomic E-state index is 14.9. The first kappa shape index (κ1) is 17.5. The van der Waals surface area contributed by atoms with Gasteiger partial charge in [-0.1, -0.05) is 48.9 Å². The summed E-state index contributed by atoms with van der Waals surface area (Å²) in [5.74, 6) is -0.749. The lowest BCUT2D eigenvalue weighted by molar-refractivity contribution is -0.0744. The van der Waals surface area contributed by atoms with Gasteiger partial charge in [0.2, 0.25) is 0 Å². The minimum absolute atomic E-state index is 0.0150. The summed E-state index contributed by atoms with van der Waals surface area (Å²) >= 11 is 6.08. The Morgan fingerprint density at radius 3 is 2.81 bits per heavy atom. The molecule has 3 nitrogen and oxygen atoms in total.